The molecule has 0 heterocycles. The van der Waals surface area contributed by atoms with Crippen LogP contribution in [0, 0.1) is 5.82 Å². The molecule has 0 atom stereocenters. The Labute approximate surface area is 104 Å². The van der Waals surface area contributed by atoms with E-state index >= 15 is 0 Å². The molecule has 2 N–H and O–H groups in total. The number of halogens is 1. The van der Waals surface area contributed by atoms with Crippen LogP contribution in [0.3, 0.4) is 0 Å². The fourth-order valence-corrected chi connectivity index (χ4v) is 1.27. The molecule has 0 aliphatic rings. The van der Waals surface area contributed by atoms with Gasteiger partial charge in [-0.15, -0.1) is 0 Å². The Hall–Kier alpha value is -1.40. The zero-order valence-electron chi connectivity index (χ0n) is 9.31. The van der Waals surface area contributed by atoms with Crippen LogP contribution >= 0.6 is 12.6 Å². The molecular formula is C11H14FNO3S. The summed E-state index contributed by atoms with van der Waals surface area (Å²) in [6.07, 6.45) is 0.540. The van der Waals surface area contributed by atoms with Crippen LogP contribution in [0.25, 0.3) is 0 Å². The lowest BCUT2D eigenvalue weighted by Gasteiger charge is -2.04. The normalized spacial score (nSPS) is 8.94. The van der Waals surface area contributed by atoms with Gasteiger partial charge in [-0.1, -0.05) is 6.07 Å². The average Bonchev–Trinajstić information content (AvgIpc) is 2.39. The number of aliphatic hydroxyl groups excluding tert-OH is 1. The summed E-state index contributed by atoms with van der Waals surface area (Å²) in [5.41, 5.74) is 0.680. The monoisotopic (exact) mass is 259 g/mol. The minimum Gasteiger partial charge on any atom is -0.400 e. The van der Waals surface area contributed by atoms with Crippen LogP contribution in [-0.2, 0) is 10.5 Å². The van der Waals surface area contributed by atoms with Crippen molar-refractivity contribution < 1.29 is 19.1 Å². The molecule has 4 nitrogen and oxygen atoms in total. The van der Waals surface area contributed by atoms with Gasteiger partial charge in [-0.25, -0.2) is 4.39 Å². The van der Waals surface area contributed by atoms with Crippen molar-refractivity contribution in [3.8, 4) is 0 Å². The number of carbonyl (C=O) groups excluding carboxylic acids is 2. The van der Waals surface area contributed by atoms with E-state index in [1.54, 1.807) is 6.07 Å². The number of nitrogens with one attached hydrogen (secondary N) is 1. The third-order valence-electron chi connectivity index (χ3n) is 1.80. The Morgan fingerprint density at radius 3 is 2.71 bits per heavy atom. The molecule has 6 heteroatoms. The summed E-state index contributed by atoms with van der Waals surface area (Å²) in [4.78, 5) is 21.4. The van der Waals surface area contributed by atoms with E-state index < -0.39 is 11.7 Å². The molecule has 17 heavy (non-hydrogen) atoms. The number of rotatable bonds is 4. The Balaban J connectivity index is 0.00000121. The maximum atomic E-state index is 13.2. The van der Waals surface area contributed by atoms with Gasteiger partial charge in [-0.05, 0) is 17.7 Å². The third-order valence-corrected chi connectivity index (χ3v) is 2.17. The van der Waals surface area contributed by atoms with E-state index in [1.807, 2.05) is 0 Å². The van der Waals surface area contributed by atoms with Gasteiger partial charge in [-0.2, -0.15) is 12.6 Å². The van der Waals surface area contributed by atoms with E-state index in [9.17, 15) is 14.0 Å². The molecule has 0 saturated carbocycles. The first-order chi connectivity index (χ1) is 8.19. The zero-order chi connectivity index (χ0) is 13.3. The van der Waals surface area contributed by atoms with Crippen LogP contribution in [0.2, 0.25) is 0 Å². The molecule has 0 fully saturated rings. The van der Waals surface area contributed by atoms with E-state index in [4.69, 9.17) is 5.11 Å². The van der Waals surface area contributed by atoms with Crippen LogP contribution in [0.4, 0.5) is 4.39 Å². The Kier molecular flexibility index (Phi) is 8.00. The highest BCUT2D eigenvalue weighted by atomic mass is 32.1. The summed E-state index contributed by atoms with van der Waals surface area (Å²) in [5.74, 6) is -0.777. The van der Waals surface area contributed by atoms with Gasteiger partial charge in [0.1, 0.15) is 12.1 Å². The van der Waals surface area contributed by atoms with Crippen molar-refractivity contribution in [1.29, 1.82) is 0 Å². The third kappa shape index (κ3) is 4.97. The molecule has 0 aromatic heterocycles. The lowest BCUT2D eigenvalue weighted by Crippen LogP contribution is -2.26. The zero-order valence-corrected chi connectivity index (χ0v) is 10.2. The minimum atomic E-state index is -0.607. The second-order valence-electron chi connectivity index (χ2n) is 2.85. The van der Waals surface area contributed by atoms with Gasteiger partial charge in [0.05, 0.1) is 12.1 Å². The molecule has 94 valence electrons. The van der Waals surface area contributed by atoms with Crippen molar-refractivity contribution in [2.45, 2.75) is 5.75 Å². The highest BCUT2D eigenvalue weighted by Gasteiger charge is 2.11. The number of carbonyl (C=O) groups is 2. The molecule has 0 saturated heterocycles. The van der Waals surface area contributed by atoms with Gasteiger partial charge in [-0.3, -0.25) is 4.79 Å². The van der Waals surface area contributed by atoms with Crippen LogP contribution in [0.5, 0.6) is 0 Å². The topological polar surface area (TPSA) is 66.4 Å². The van der Waals surface area contributed by atoms with Crippen molar-refractivity contribution >= 4 is 24.8 Å². The second-order valence-corrected chi connectivity index (χ2v) is 3.17. The molecule has 1 amide bonds. The molecular weight excluding hydrogens is 245 g/mol. The number of benzene rings is 1. The number of aliphatic hydroxyl groups is 1. The van der Waals surface area contributed by atoms with Gasteiger partial charge in [0.2, 0.25) is 0 Å². The molecule has 0 spiro atoms. The fraction of sp³-hybridized carbons (Fsp3) is 0.273. The van der Waals surface area contributed by atoms with Crippen LogP contribution < -0.4 is 5.32 Å². The van der Waals surface area contributed by atoms with Gasteiger partial charge < -0.3 is 15.2 Å². The summed E-state index contributed by atoms with van der Waals surface area (Å²) < 4.78 is 13.2. The Morgan fingerprint density at radius 2 is 2.18 bits per heavy atom. The number of hydrogen-bond acceptors (Lipinski definition) is 4. The Bertz CT molecular complexity index is 385. The highest BCUT2D eigenvalue weighted by molar-refractivity contribution is 7.79. The summed E-state index contributed by atoms with van der Waals surface area (Å²) >= 11 is 4.02. The first-order valence-corrected chi connectivity index (χ1v) is 5.38. The van der Waals surface area contributed by atoms with Crippen LogP contribution in [0.1, 0.15) is 15.9 Å². The standard InChI is InChI=1S/C10H10FNO2S.CH4O/c11-9-2-1-7(6-15)5-8(9)10(14)12-3-4-13;1-2/h1-2,4-5,15H,3,6H2,(H,12,14);2H,1H3. The van der Waals surface area contributed by atoms with Gasteiger partial charge in [0, 0.05) is 12.9 Å². The fourth-order valence-electron chi connectivity index (χ4n) is 1.07. The summed E-state index contributed by atoms with van der Waals surface area (Å²) in [5, 5.41) is 9.27. The van der Waals surface area contributed by atoms with E-state index in [1.165, 1.54) is 12.1 Å². The first-order valence-electron chi connectivity index (χ1n) is 4.75. The van der Waals surface area contributed by atoms with Crippen molar-refractivity contribution in [3.05, 3.63) is 35.1 Å². The molecule has 0 bridgehead atoms. The smallest absolute Gasteiger partial charge is 0.254 e. The van der Waals surface area contributed by atoms with Crippen molar-refractivity contribution in [1.82, 2.24) is 5.32 Å². The lowest BCUT2D eigenvalue weighted by atomic mass is 10.1. The first kappa shape index (κ1) is 15.6. The Morgan fingerprint density at radius 1 is 1.53 bits per heavy atom. The predicted octanol–water partition coefficient (Wildman–Crippen LogP) is 0.793. The largest absolute Gasteiger partial charge is 0.400 e. The quantitative estimate of drug-likeness (QED) is 0.553. The molecule has 0 aliphatic heterocycles. The summed E-state index contributed by atoms with van der Waals surface area (Å²) in [7, 11) is 1.00. The minimum absolute atomic E-state index is 0.0663. The van der Waals surface area contributed by atoms with Crippen molar-refractivity contribution in [2.24, 2.45) is 0 Å². The molecule has 0 radical (unpaired) electrons. The molecule has 0 aliphatic carbocycles. The van der Waals surface area contributed by atoms with Gasteiger partial charge in [0.15, 0.2) is 0 Å². The number of thiol groups is 1. The van der Waals surface area contributed by atoms with Crippen LogP contribution in [-0.4, -0.2) is 31.0 Å². The maximum Gasteiger partial charge on any atom is 0.254 e. The number of aldehydes is 1. The average molecular weight is 259 g/mol. The maximum absolute atomic E-state index is 13.2. The predicted molar refractivity (Wildman–Crippen MR) is 65.6 cm³/mol. The summed E-state index contributed by atoms with van der Waals surface area (Å²) in [6.45, 7) is -0.122. The van der Waals surface area contributed by atoms with Crippen LogP contribution in [0.15, 0.2) is 18.2 Å². The van der Waals surface area contributed by atoms with E-state index in [-0.39, 0.29) is 12.1 Å². The van der Waals surface area contributed by atoms with Crippen molar-refractivity contribution in [2.75, 3.05) is 13.7 Å². The summed E-state index contributed by atoms with van der Waals surface area (Å²) in [6, 6.07) is 4.18. The van der Waals surface area contributed by atoms with E-state index in [0.29, 0.717) is 12.0 Å². The molecule has 1 aromatic carbocycles. The number of hydrogen-bond donors (Lipinski definition) is 3. The van der Waals surface area contributed by atoms with Crippen molar-refractivity contribution in [3.63, 3.8) is 0 Å². The van der Waals surface area contributed by atoms with E-state index in [2.05, 4.69) is 17.9 Å². The number of amides is 1. The SMILES string of the molecule is CO.O=CCNC(=O)c1cc(CS)ccc1F. The molecule has 1 aromatic rings. The van der Waals surface area contributed by atoms with Gasteiger partial charge in [0.25, 0.3) is 5.91 Å². The molecule has 1 rings (SSSR count). The van der Waals surface area contributed by atoms with Gasteiger partial charge >= 0.3 is 0 Å². The highest BCUT2D eigenvalue weighted by Crippen LogP contribution is 2.12. The second kappa shape index (κ2) is 8.72. The molecule has 0 unspecified atom stereocenters. The van der Waals surface area contributed by atoms with E-state index in [0.717, 1.165) is 12.7 Å². The lowest BCUT2D eigenvalue weighted by molar-refractivity contribution is -0.107.